The van der Waals surface area contributed by atoms with Gasteiger partial charge in [-0.3, -0.25) is 0 Å². The van der Waals surface area contributed by atoms with E-state index in [2.05, 4.69) is 77.2 Å². The van der Waals surface area contributed by atoms with Crippen molar-refractivity contribution in [2.75, 3.05) is 0 Å². The van der Waals surface area contributed by atoms with Crippen LogP contribution in [-0.4, -0.2) is 5.92 Å². The van der Waals surface area contributed by atoms with Gasteiger partial charge in [-0.25, -0.2) is 0 Å². The maximum absolute atomic E-state index is 2.58. The van der Waals surface area contributed by atoms with E-state index in [1.54, 1.807) is 0 Å². The summed E-state index contributed by atoms with van der Waals surface area (Å²) in [6, 6.07) is 0. The van der Waals surface area contributed by atoms with Crippen molar-refractivity contribution in [3.8, 4) is 0 Å². The summed E-state index contributed by atoms with van der Waals surface area (Å²) < 4.78 is 0.875. The third-order valence-corrected chi connectivity index (χ3v) is 28.4. The van der Waals surface area contributed by atoms with E-state index in [-0.39, 0.29) is 0 Å². The van der Waals surface area contributed by atoms with E-state index >= 15 is 0 Å². The molecule has 0 saturated carbocycles. The Hall–Kier alpha value is 0.0600. The molecule has 0 heterocycles. The zero-order valence-electron chi connectivity index (χ0n) is 12.5. The van der Waals surface area contributed by atoms with Gasteiger partial charge in [-0.1, -0.05) is 0 Å². The van der Waals surface area contributed by atoms with Crippen LogP contribution >= 0.6 is 0 Å². The zero-order valence-corrected chi connectivity index (χ0v) is 16.2. The Kier molecular flexibility index (Phi) is 3.91. The molecule has 2 heteroatoms. The molecule has 0 nitrogen and oxygen atoms in total. The molecular weight excluding hydrogens is 311 g/mol. The molecule has 2 unspecified atom stereocenters. The molecule has 0 spiro atoms. The van der Waals surface area contributed by atoms with Gasteiger partial charge in [-0.15, -0.1) is 0 Å². The average Bonchev–Trinajstić information content (AvgIpc) is 2.71. The van der Waals surface area contributed by atoms with Crippen molar-refractivity contribution in [3.05, 3.63) is 47.6 Å². The summed E-state index contributed by atoms with van der Waals surface area (Å²) in [5, 5.41) is 0. The second-order valence-corrected chi connectivity index (χ2v) is 28.1. The van der Waals surface area contributed by atoms with E-state index < -0.39 is 26.8 Å². The Morgan fingerprint density at radius 3 is 1.50 bits per heavy atom. The summed E-state index contributed by atoms with van der Waals surface area (Å²) >= 11 is -1.59. The molecule has 2 aliphatic rings. The molecule has 97 valence electrons. The topological polar surface area (TPSA) is 0 Å². The third kappa shape index (κ3) is 2.51. The van der Waals surface area contributed by atoms with Gasteiger partial charge in [0, 0.05) is 0 Å². The van der Waals surface area contributed by atoms with E-state index in [9.17, 15) is 0 Å². The number of rotatable bonds is 3. The summed E-state index contributed by atoms with van der Waals surface area (Å²) in [6.45, 7) is 14.7. The first-order valence-electron chi connectivity index (χ1n) is 6.92. The second kappa shape index (κ2) is 4.87. The van der Waals surface area contributed by atoms with Crippen LogP contribution in [0.1, 0.15) is 27.7 Å². The Morgan fingerprint density at radius 2 is 1.28 bits per heavy atom. The predicted molar refractivity (Wildman–Crippen MR) is 81.4 cm³/mol. The molecule has 0 radical (unpaired) electrons. The van der Waals surface area contributed by atoms with Gasteiger partial charge >= 0.3 is 121 Å². The fraction of sp³-hybridized carbons (Fsp3) is 0.500. The number of hydrogen-bond acceptors (Lipinski definition) is 0. The normalized spacial score (nSPS) is 34.2. The Balaban J connectivity index is 2.43. The van der Waals surface area contributed by atoms with E-state index in [0.29, 0.717) is 6.25 Å². The average molecular weight is 337 g/mol. The second-order valence-electron chi connectivity index (χ2n) is 6.58. The van der Waals surface area contributed by atoms with Gasteiger partial charge in [-0.05, 0) is 0 Å². The molecule has 2 rings (SSSR count). The van der Waals surface area contributed by atoms with E-state index in [0.717, 1.165) is 0 Å². The summed E-state index contributed by atoms with van der Waals surface area (Å²) in [7, 11) is 0. The van der Waals surface area contributed by atoms with Crippen molar-refractivity contribution in [3.63, 3.8) is 0 Å². The van der Waals surface area contributed by atoms with E-state index in [1.165, 1.54) is 11.1 Å². The van der Waals surface area contributed by atoms with E-state index in [4.69, 9.17) is 0 Å². The van der Waals surface area contributed by atoms with Crippen molar-refractivity contribution in [1.82, 2.24) is 0 Å². The van der Waals surface area contributed by atoms with Crippen molar-refractivity contribution < 1.29 is 20.9 Å². The SMILES string of the molecule is CC1=C[C](C)([Zr]([SiH](C)C)[C]2(C)C=CC(C)=C2)C=C1. The molecule has 0 aromatic carbocycles. The molecule has 0 aliphatic heterocycles. The first-order chi connectivity index (χ1) is 8.27. The van der Waals surface area contributed by atoms with Crippen LogP contribution in [0.15, 0.2) is 47.6 Å². The maximum atomic E-state index is 2.58. The quantitative estimate of drug-likeness (QED) is 0.638. The van der Waals surface area contributed by atoms with E-state index in [1.807, 2.05) is 0 Å². The minimum absolute atomic E-state index is 0.437. The van der Waals surface area contributed by atoms with Gasteiger partial charge in [0.25, 0.3) is 0 Å². The molecule has 0 saturated heterocycles. The fourth-order valence-electron chi connectivity index (χ4n) is 3.91. The van der Waals surface area contributed by atoms with Crippen LogP contribution < -0.4 is 0 Å². The van der Waals surface area contributed by atoms with Crippen molar-refractivity contribution in [1.29, 1.82) is 0 Å². The summed E-state index contributed by atoms with van der Waals surface area (Å²) in [5.74, 6) is -0.576. The first-order valence-corrected chi connectivity index (χ1v) is 16.5. The van der Waals surface area contributed by atoms with Crippen LogP contribution in [0, 0.1) is 0 Å². The third-order valence-electron chi connectivity index (χ3n) is 4.18. The van der Waals surface area contributed by atoms with Crippen molar-refractivity contribution in [2.45, 2.75) is 47.0 Å². The molecule has 0 amide bonds. The first kappa shape index (κ1) is 14.5. The van der Waals surface area contributed by atoms with Crippen molar-refractivity contribution in [2.24, 2.45) is 0 Å². The minimum atomic E-state index is -1.59. The molecule has 0 N–H and O–H groups in total. The molecular formula is C16H25SiZr. The van der Waals surface area contributed by atoms with Gasteiger partial charge in [0.15, 0.2) is 0 Å². The Bertz CT molecular complexity index is 429. The number of allylic oxidation sites excluding steroid dienone is 8. The summed E-state index contributed by atoms with van der Waals surface area (Å²) in [6.07, 6.45) is 14.9. The standard InChI is InChI=1S/2C7H9.C2H7Si.Zr/c2*1-6-3-4-7(2)5-6;1-3-2;/h2*3-5H,1-2H3;3H,1-2H3;. The van der Waals surface area contributed by atoms with Crippen LogP contribution in [0.3, 0.4) is 0 Å². The van der Waals surface area contributed by atoms with Gasteiger partial charge in [0.05, 0.1) is 0 Å². The molecule has 0 aromatic heterocycles. The predicted octanol–water partition coefficient (Wildman–Crippen LogP) is 4.98. The van der Waals surface area contributed by atoms with Gasteiger partial charge in [0.2, 0.25) is 0 Å². The molecule has 0 fully saturated rings. The monoisotopic (exact) mass is 335 g/mol. The molecule has 0 aromatic rings. The summed E-state index contributed by atoms with van der Waals surface area (Å²) in [5.41, 5.74) is 2.94. The number of hydrogen-bond donors (Lipinski definition) is 0. The Morgan fingerprint density at radius 1 is 0.889 bits per heavy atom. The van der Waals surface area contributed by atoms with Crippen LogP contribution in [0.4, 0.5) is 0 Å². The Labute approximate surface area is 121 Å². The van der Waals surface area contributed by atoms with Crippen molar-refractivity contribution >= 4 is 5.92 Å². The molecule has 0 bridgehead atoms. The van der Waals surface area contributed by atoms with Crippen LogP contribution in [0.5, 0.6) is 0 Å². The molecule has 18 heavy (non-hydrogen) atoms. The zero-order chi connectivity index (χ0) is 13.6. The van der Waals surface area contributed by atoms with Crippen LogP contribution in [0.2, 0.25) is 19.3 Å². The molecule has 2 aliphatic carbocycles. The van der Waals surface area contributed by atoms with Gasteiger partial charge in [0.1, 0.15) is 0 Å². The van der Waals surface area contributed by atoms with Crippen LogP contribution in [0.25, 0.3) is 0 Å². The van der Waals surface area contributed by atoms with Gasteiger partial charge in [-0.2, -0.15) is 0 Å². The fourth-order valence-corrected chi connectivity index (χ4v) is 32.9. The molecule has 2 atom stereocenters. The summed E-state index contributed by atoms with van der Waals surface area (Å²) in [4.78, 5) is 0. The van der Waals surface area contributed by atoms with Gasteiger partial charge < -0.3 is 0 Å². The van der Waals surface area contributed by atoms with Crippen LogP contribution in [-0.2, 0) is 20.9 Å².